The van der Waals surface area contributed by atoms with Crippen LogP contribution in [0.4, 0.5) is 0 Å². The zero-order chi connectivity index (χ0) is 19.8. The van der Waals surface area contributed by atoms with Gasteiger partial charge in [0.05, 0.1) is 11.7 Å². The van der Waals surface area contributed by atoms with Gasteiger partial charge in [0, 0.05) is 17.2 Å². The summed E-state index contributed by atoms with van der Waals surface area (Å²) in [5, 5.41) is 30.3. The molecule has 0 saturated carbocycles. The zero-order valence-electron chi connectivity index (χ0n) is 15.1. The molecule has 146 valence electrons. The summed E-state index contributed by atoms with van der Waals surface area (Å²) < 4.78 is 11.3. The summed E-state index contributed by atoms with van der Waals surface area (Å²) in [5.74, 6) is 0.660. The fourth-order valence-electron chi connectivity index (χ4n) is 3.37. The summed E-state index contributed by atoms with van der Waals surface area (Å²) in [7, 11) is 0. The van der Waals surface area contributed by atoms with Crippen LogP contribution in [0.5, 0.6) is 5.75 Å². The predicted molar refractivity (Wildman–Crippen MR) is 108 cm³/mol. The van der Waals surface area contributed by atoms with Crippen LogP contribution in [0, 0.1) is 6.92 Å². The molecule has 6 nitrogen and oxygen atoms in total. The number of benzene rings is 2. The van der Waals surface area contributed by atoms with Crippen molar-refractivity contribution >= 4 is 22.7 Å². The summed E-state index contributed by atoms with van der Waals surface area (Å²) >= 11 is 1.21. The van der Waals surface area contributed by atoms with Gasteiger partial charge in [0.25, 0.3) is 0 Å². The van der Waals surface area contributed by atoms with Crippen LogP contribution in [0.3, 0.4) is 0 Å². The molecule has 0 bridgehead atoms. The van der Waals surface area contributed by atoms with E-state index in [1.807, 2.05) is 37.3 Å². The highest BCUT2D eigenvalue weighted by molar-refractivity contribution is 7.99. The molecule has 3 aromatic rings. The second kappa shape index (κ2) is 7.60. The van der Waals surface area contributed by atoms with Crippen molar-refractivity contribution in [3.05, 3.63) is 64.5 Å². The Bertz CT molecular complexity index is 1050. The molecular formula is C21H20O6S. The molecular weight excluding hydrogens is 380 g/mol. The van der Waals surface area contributed by atoms with Crippen LogP contribution in [-0.4, -0.2) is 44.8 Å². The monoisotopic (exact) mass is 400 g/mol. The molecule has 1 aliphatic heterocycles. The van der Waals surface area contributed by atoms with E-state index in [0.29, 0.717) is 16.9 Å². The van der Waals surface area contributed by atoms with Crippen molar-refractivity contribution < 1.29 is 24.5 Å². The molecule has 1 aromatic heterocycles. The Hall–Kier alpha value is -2.32. The van der Waals surface area contributed by atoms with Crippen molar-refractivity contribution in [1.29, 1.82) is 0 Å². The molecule has 1 fully saturated rings. The number of hydrogen-bond acceptors (Lipinski definition) is 7. The number of rotatable bonds is 3. The Morgan fingerprint density at radius 3 is 2.57 bits per heavy atom. The maximum absolute atomic E-state index is 12.6. The Balaban J connectivity index is 1.68. The highest BCUT2D eigenvalue weighted by atomic mass is 32.2. The quantitative estimate of drug-likeness (QED) is 0.580. The van der Waals surface area contributed by atoms with Gasteiger partial charge in [0.15, 0.2) is 5.44 Å². The standard InChI is InChI=1S/C21H20O6S/c1-11-14-8-7-13(26-21-19(24)18(23)15(22)10-28-21)9-16(14)27-20(25)17(11)12-5-3-2-4-6-12/h2-9,15,18-19,21-24H,10H2,1H3/t15-,18+,19-,21-/m1/s1. The third-order valence-corrected chi connectivity index (χ3v) is 6.15. The number of ether oxygens (including phenoxy) is 1. The molecule has 0 aliphatic carbocycles. The Morgan fingerprint density at radius 2 is 1.82 bits per heavy atom. The fraction of sp³-hybridized carbons (Fsp3) is 0.286. The van der Waals surface area contributed by atoms with Gasteiger partial charge in [0.2, 0.25) is 0 Å². The molecule has 0 radical (unpaired) electrons. The van der Waals surface area contributed by atoms with Crippen LogP contribution >= 0.6 is 11.8 Å². The normalized spacial score (nSPS) is 25.0. The van der Waals surface area contributed by atoms with E-state index in [4.69, 9.17) is 9.15 Å². The van der Waals surface area contributed by atoms with E-state index in [1.54, 1.807) is 18.2 Å². The molecule has 1 saturated heterocycles. The molecule has 28 heavy (non-hydrogen) atoms. The minimum Gasteiger partial charge on any atom is -0.477 e. The van der Waals surface area contributed by atoms with Crippen molar-refractivity contribution in [2.45, 2.75) is 30.7 Å². The Labute approximate surface area is 165 Å². The van der Waals surface area contributed by atoms with Gasteiger partial charge in [-0.25, -0.2) is 4.79 Å². The van der Waals surface area contributed by atoms with Crippen LogP contribution in [0.15, 0.2) is 57.7 Å². The van der Waals surface area contributed by atoms with E-state index in [1.165, 1.54) is 11.8 Å². The lowest BCUT2D eigenvalue weighted by atomic mass is 10.00. The third kappa shape index (κ3) is 3.42. The van der Waals surface area contributed by atoms with Gasteiger partial charge in [-0.2, -0.15) is 0 Å². The first-order chi connectivity index (χ1) is 13.5. The molecule has 1 aliphatic rings. The minimum absolute atomic E-state index is 0.255. The second-order valence-corrected chi connectivity index (χ2v) is 7.91. The first-order valence-corrected chi connectivity index (χ1v) is 9.96. The number of thioether (sulfide) groups is 1. The van der Waals surface area contributed by atoms with Crippen molar-refractivity contribution in [1.82, 2.24) is 0 Å². The first-order valence-electron chi connectivity index (χ1n) is 8.91. The fourth-order valence-corrected chi connectivity index (χ4v) is 4.49. The van der Waals surface area contributed by atoms with E-state index < -0.39 is 29.4 Å². The smallest absolute Gasteiger partial charge is 0.344 e. The first kappa shape index (κ1) is 19.0. The van der Waals surface area contributed by atoms with Crippen molar-refractivity contribution in [3.63, 3.8) is 0 Å². The molecule has 4 rings (SSSR count). The van der Waals surface area contributed by atoms with Gasteiger partial charge in [-0.15, -0.1) is 11.8 Å². The number of fused-ring (bicyclic) bond motifs is 1. The summed E-state index contributed by atoms with van der Waals surface area (Å²) in [4.78, 5) is 12.6. The number of aryl methyl sites for hydroxylation is 1. The van der Waals surface area contributed by atoms with Crippen LogP contribution < -0.4 is 10.4 Å². The molecule has 4 atom stereocenters. The lowest BCUT2D eigenvalue weighted by Crippen LogP contribution is -2.50. The molecule has 0 unspecified atom stereocenters. The lowest BCUT2D eigenvalue weighted by molar-refractivity contribution is -0.0786. The maximum atomic E-state index is 12.6. The predicted octanol–water partition coefficient (Wildman–Crippen LogP) is 2.30. The summed E-state index contributed by atoms with van der Waals surface area (Å²) in [6, 6.07) is 14.5. The third-order valence-electron chi connectivity index (χ3n) is 4.91. The van der Waals surface area contributed by atoms with Crippen molar-refractivity contribution in [3.8, 4) is 16.9 Å². The van der Waals surface area contributed by atoms with Crippen LogP contribution in [-0.2, 0) is 0 Å². The molecule has 3 N–H and O–H groups in total. The van der Waals surface area contributed by atoms with Crippen molar-refractivity contribution in [2.24, 2.45) is 0 Å². The van der Waals surface area contributed by atoms with E-state index in [2.05, 4.69) is 0 Å². The van der Waals surface area contributed by atoms with Gasteiger partial charge in [0.1, 0.15) is 23.5 Å². The van der Waals surface area contributed by atoms with E-state index in [-0.39, 0.29) is 5.75 Å². The number of aliphatic hydroxyl groups is 3. The number of aliphatic hydroxyl groups excluding tert-OH is 3. The van der Waals surface area contributed by atoms with Crippen LogP contribution in [0.25, 0.3) is 22.1 Å². The Morgan fingerprint density at radius 1 is 1.07 bits per heavy atom. The second-order valence-electron chi connectivity index (χ2n) is 6.78. The Kier molecular flexibility index (Phi) is 5.16. The molecule has 2 aromatic carbocycles. The topological polar surface area (TPSA) is 100 Å². The van der Waals surface area contributed by atoms with Crippen LogP contribution in [0.1, 0.15) is 5.56 Å². The van der Waals surface area contributed by atoms with E-state index >= 15 is 0 Å². The van der Waals surface area contributed by atoms with Gasteiger partial charge in [-0.05, 0) is 30.2 Å². The minimum atomic E-state index is -1.26. The lowest BCUT2D eigenvalue weighted by Gasteiger charge is -2.34. The zero-order valence-corrected chi connectivity index (χ0v) is 15.9. The summed E-state index contributed by atoms with van der Waals surface area (Å²) in [6.45, 7) is 1.88. The van der Waals surface area contributed by atoms with Gasteiger partial charge < -0.3 is 24.5 Å². The molecule has 7 heteroatoms. The van der Waals surface area contributed by atoms with E-state index in [9.17, 15) is 20.1 Å². The SMILES string of the molecule is Cc1c(-c2ccccc2)c(=O)oc2cc(O[C@@H]3SC[C@@H](O)[C@H](O)[C@H]3O)ccc12. The van der Waals surface area contributed by atoms with Gasteiger partial charge in [-0.3, -0.25) is 0 Å². The van der Waals surface area contributed by atoms with E-state index in [0.717, 1.165) is 16.5 Å². The average Bonchev–Trinajstić information content (AvgIpc) is 2.69. The summed E-state index contributed by atoms with van der Waals surface area (Å²) in [6.07, 6.45) is -3.48. The molecule has 0 spiro atoms. The largest absolute Gasteiger partial charge is 0.477 e. The van der Waals surface area contributed by atoms with Crippen molar-refractivity contribution in [2.75, 3.05) is 5.75 Å². The molecule has 0 amide bonds. The maximum Gasteiger partial charge on any atom is 0.344 e. The molecule has 2 heterocycles. The van der Waals surface area contributed by atoms with Gasteiger partial charge in [-0.1, -0.05) is 30.3 Å². The highest BCUT2D eigenvalue weighted by Gasteiger charge is 2.38. The van der Waals surface area contributed by atoms with Gasteiger partial charge >= 0.3 is 5.63 Å². The highest BCUT2D eigenvalue weighted by Crippen LogP contribution is 2.32. The summed E-state index contributed by atoms with van der Waals surface area (Å²) in [5.41, 5.74) is 1.36. The van der Waals surface area contributed by atoms with Crippen LogP contribution in [0.2, 0.25) is 0 Å². The average molecular weight is 400 g/mol. The number of hydrogen-bond donors (Lipinski definition) is 3.